The molecular formula is C15H14Cl3FN2. The largest absolute Gasteiger partial charge is 0.366 e. The Morgan fingerprint density at radius 2 is 1.76 bits per heavy atom. The maximum Gasteiger partial charge on any atom is 0.233 e. The smallest absolute Gasteiger partial charge is 0.233 e. The van der Waals surface area contributed by atoms with Gasteiger partial charge in [-0.1, -0.05) is 46.9 Å². The van der Waals surface area contributed by atoms with Crippen molar-refractivity contribution in [3.63, 3.8) is 0 Å². The molecule has 0 saturated heterocycles. The van der Waals surface area contributed by atoms with Crippen LogP contribution in [-0.4, -0.2) is 11.0 Å². The number of aromatic nitrogens is 1. The molecule has 1 unspecified atom stereocenters. The summed E-state index contributed by atoms with van der Waals surface area (Å²) in [7, 11) is 0. The highest BCUT2D eigenvalue weighted by molar-refractivity contribution is 6.37. The lowest BCUT2D eigenvalue weighted by Gasteiger charge is -2.17. The van der Waals surface area contributed by atoms with Crippen LogP contribution in [0.2, 0.25) is 15.1 Å². The van der Waals surface area contributed by atoms with Gasteiger partial charge in [-0.2, -0.15) is 9.37 Å². The van der Waals surface area contributed by atoms with E-state index in [1.54, 1.807) is 6.92 Å². The standard InChI is InChI=1S/C15H14Cl3FN2/c1-8(7-10-3-5-11(16)6-4-10)20-15-13(18)9(2)12(17)14(19)21-15/h3-6,8H,7H2,1-2H3,(H,20,21). The third-order valence-corrected chi connectivity index (χ3v) is 4.25. The van der Waals surface area contributed by atoms with Crippen LogP contribution in [0.1, 0.15) is 18.1 Å². The highest BCUT2D eigenvalue weighted by atomic mass is 35.5. The van der Waals surface area contributed by atoms with Crippen molar-refractivity contribution in [3.8, 4) is 0 Å². The van der Waals surface area contributed by atoms with Crippen LogP contribution in [0.4, 0.5) is 10.2 Å². The van der Waals surface area contributed by atoms with E-state index >= 15 is 0 Å². The van der Waals surface area contributed by atoms with E-state index < -0.39 is 5.95 Å². The average Bonchev–Trinajstić information content (AvgIpc) is 2.45. The summed E-state index contributed by atoms with van der Waals surface area (Å²) in [6, 6.07) is 7.59. The fourth-order valence-corrected chi connectivity index (χ4v) is 2.48. The van der Waals surface area contributed by atoms with Crippen LogP contribution in [0.5, 0.6) is 0 Å². The molecule has 21 heavy (non-hydrogen) atoms. The van der Waals surface area contributed by atoms with Crippen LogP contribution < -0.4 is 5.32 Å². The van der Waals surface area contributed by atoms with Crippen LogP contribution in [0, 0.1) is 12.9 Å². The van der Waals surface area contributed by atoms with Gasteiger partial charge in [0, 0.05) is 11.1 Å². The van der Waals surface area contributed by atoms with Gasteiger partial charge < -0.3 is 5.32 Å². The molecule has 0 aliphatic heterocycles. The molecule has 1 N–H and O–H groups in total. The number of hydrogen-bond acceptors (Lipinski definition) is 2. The first kappa shape index (κ1) is 16.3. The first-order valence-electron chi connectivity index (χ1n) is 6.40. The lowest BCUT2D eigenvalue weighted by Crippen LogP contribution is -2.19. The van der Waals surface area contributed by atoms with Crippen LogP contribution in [0.3, 0.4) is 0 Å². The molecule has 1 atom stereocenters. The zero-order chi connectivity index (χ0) is 15.6. The summed E-state index contributed by atoms with van der Waals surface area (Å²) in [4.78, 5) is 3.77. The van der Waals surface area contributed by atoms with Gasteiger partial charge in [0.2, 0.25) is 5.95 Å². The van der Waals surface area contributed by atoms with E-state index in [0.29, 0.717) is 21.4 Å². The molecule has 0 fully saturated rings. The number of halogens is 4. The second kappa shape index (κ2) is 6.82. The lowest BCUT2D eigenvalue weighted by molar-refractivity contribution is 0.583. The van der Waals surface area contributed by atoms with E-state index in [2.05, 4.69) is 10.3 Å². The van der Waals surface area contributed by atoms with Crippen molar-refractivity contribution in [3.05, 3.63) is 56.4 Å². The zero-order valence-electron chi connectivity index (χ0n) is 11.6. The Bertz CT molecular complexity index is 644. The molecule has 1 aromatic carbocycles. The number of pyridine rings is 1. The van der Waals surface area contributed by atoms with Crippen molar-refractivity contribution in [2.45, 2.75) is 26.3 Å². The molecule has 6 heteroatoms. The van der Waals surface area contributed by atoms with E-state index in [-0.39, 0.29) is 11.1 Å². The number of hydrogen-bond donors (Lipinski definition) is 1. The summed E-state index contributed by atoms with van der Waals surface area (Å²) < 4.78 is 13.6. The van der Waals surface area contributed by atoms with E-state index in [9.17, 15) is 4.39 Å². The maximum absolute atomic E-state index is 13.6. The summed E-state index contributed by atoms with van der Waals surface area (Å²) in [6.07, 6.45) is 0.735. The Morgan fingerprint density at radius 3 is 2.38 bits per heavy atom. The van der Waals surface area contributed by atoms with Gasteiger partial charge in [-0.25, -0.2) is 0 Å². The number of nitrogens with zero attached hydrogens (tertiary/aromatic N) is 1. The number of rotatable bonds is 4. The first-order valence-corrected chi connectivity index (χ1v) is 7.54. The molecule has 2 aromatic rings. The molecule has 0 aliphatic rings. The molecular weight excluding hydrogens is 334 g/mol. The molecule has 1 heterocycles. The molecule has 0 aliphatic carbocycles. The predicted molar refractivity (Wildman–Crippen MR) is 87.2 cm³/mol. The lowest BCUT2D eigenvalue weighted by atomic mass is 10.1. The van der Waals surface area contributed by atoms with Crippen molar-refractivity contribution < 1.29 is 4.39 Å². The van der Waals surface area contributed by atoms with E-state index in [0.717, 1.165) is 12.0 Å². The minimum absolute atomic E-state index is 0.0242. The second-order valence-corrected chi connectivity index (χ2v) is 6.07. The molecule has 1 aromatic heterocycles. The number of benzene rings is 1. The highest BCUT2D eigenvalue weighted by Gasteiger charge is 2.15. The summed E-state index contributed by atoms with van der Waals surface area (Å²) >= 11 is 17.8. The average molecular weight is 348 g/mol. The second-order valence-electron chi connectivity index (χ2n) is 4.88. The predicted octanol–water partition coefficient (Wildman–Crippen LogP) is 5.53. The Labute approximate surface area is 138 Å². The van der Waals surface area contributed by atoms with Gasteiger partial charge in [0.25, 0.3) is 0 Å². The minimum atomic E-state index is -0.722. The fraction of sp³-hybridized carbons (Fsp3) is 0.267. The van der Waals surface area contributed by atoms with Crippen molar-refractivity contribution in [1.82, 2.24) is 4.98 Å². The van der Waals surface area contributed by atoms with Gasteiger partial charge in [0.1, 0.15) is 10.8 Å². The Morgan fingerprint density at radius 1 is 1.14 bits per heavy atom. The zero-order valence-corrected chi connectivity index (χ0v) is 13.8. The van der Waals surface area contributed by atoms with E-state index in [1.807, 2.05) is 31.2 Å². The molecule has 0 radical (unpaired) electrons. The van der Waals surface area contributed by atoms with E-state index in [1.165, 1.54) is 0 Å². The monoisotopic (exact) mass is 346 g/mol. The molecule has 2 rings (SSSR count). The van der Waals surface area contributed by atoms with Gasteiger partial charge in [-0.3, -0.25) is 0 Å². The van der Waals surface area contributed by atoms with Gasteiger partial charge in [0.05, 0.1) is 5.02 Å². The molecule has 2 nitrogen and oxygen atoms in total. The molecule has 0 saturated carbocycles. The Hall–Kier alpha value is -1.03. The fourth-order valence-electron chi connectivity index (χ4n) is 1.98. The third kappa shape index (κ3) is 4.00. The maximum atomic E-state index is 13.6. The first-order chi connectivity index (χ1) is 9.88. The van der Waals surface area contributed by atoms with Crippen molar-refractivity contribution >= 4 is 40.6 Å². The van der Waals surface area contributed by atoms with Crippen LogP contribution >= 0.6 is 34.8 Å². The summed E-state index contributed by atoms with van der Waals surface area (Å²) in [6.45, 7) is 3.62. The van der Waals surface area contributed by atoms with Gasteiger partial charge in [-0.05, 0) is 43.5 Å². The Balaban J connectivity index is 2.13. The van der Waals surface area contributed by atoms with Crippen molar-refractivity contribution in [2.75, 3.05) is 5.32 Å². The molecule has 112 valence electrons. The van der Waals surface area contributed by atoms with Crippen LogP contribution in [-0.2, 0) is 6.42 Å². The SMILES string of the molecule is Cc1c(Cl)c(F)nc(NC(C)Cc2ccc(Cl)cc2)c1Cl. The highest BCUT2D eigenvalue weighted by Crippen LogP contribution is 2.31. The molecule has 0 amide bonds. The molecule has 0 bridgehead atoms. The topological polar surface area (TPSA) is 24.9 Å². The van der Waals surface area contributed by atoms with Crippen molar-refractivity contribution in [1.29, 1.82) is 0 Å². The van der Waals surface area contributed by atoms with Crippen LogP contribution in [0.25, 0.3) is 0 Å². The van der Waals surface area contributed by atoms with Gasteiger partial charge >= 0.3 is 0 Å². The van der Waals surface area contributed by atoms with Gasteiger partial charge in [0.15, 0.2) is 0 Å². The molecule has 0 spiro atoms. The quantitative estimate of drug-likeness (QED) is 0.735. The number of anilines is 1. The minimum Gasteiger partial charge on any atom is -0.366 e. The number of nitrogens with one attached hydrogen (secondary N) is 1. The normalized spacial score (nSPS) is 12.3. The Kier molecular flexibility index (Phi) is 5.31. The van der Waals surface area contributed by atoms with Crippen LogP contribution in [0.15, 0.2) is 24.3 Å². The van der Waals surface area contributed by atoms with Gasteiger partial charge in [-0.15, -0.1) is 0 Å². The summed E-state index contributed by atoms with van der Waals surface area (Å²) in [5.41, 5.74) is 1.59. The third-order valence-electron chi connectivity index (χ3n) is 3.10. The summed E-state index contributed by atoms with van der Waals surface area (Å²) in [5.74, 6) is -0.419. The van der Waals surface area contributed by atoms with E-state index in [4.69, 9.17) is 34.8 Å². The summed E-state index contributed by atoms with van der Waals surface area (Å²) in [5, 5.41) is 4.09. The van der Waals surface area contributed by atoms with Crippen molar-refractivity contribution in [2.24, 2.45) is 0 Å².